The highest BCUT2D eigenvalue weighted by Crippen LogP contribution is 2.30. The van der Waals surface area contributed by atoms with E-state index in [1.54, 1.807) is 0 Å². The van der Waals surface area contributed by atoms with E-state index in [1.165, 1.54) is 0 Å². The molecule has 1 rings (SSSR count). The third-order valence-corrected chi connectivity index (χ3v) is 3.57. The first kappa shape index (κ1) is 15.9. The number of hydrogen-bond donors (Lipinski definition) is 0. The Bertz CT molecular complexity index is 423. The number of likely N-dealkylation sites (N-methyl/N-ethyl adjacent to an activating group) is 1. The van der Waals surface area contributed by atoms with E-state index in [0.29, 0.717) is 0 Å². The molecule has 1 unspecified atom stereocenters. The van der Waals surface area contributed by atoms with Crippen molar-refractivity contribution in [1.82, 2.24) is 4.90 Å². The maximum absolute atomic E-state index is 12.8. The minimum Gasteiger partial charge on any atom is -0.292 e. The first-order valence-electron chi connectivity index (χ1n) is 6.87. The van der Waals surface area contributed by atoms with Gasteiger partial charge in [-0.3, -0.25) is 9.69 Å². The Morgan fingerprint density at radius 1 is 1.00 bits per heavy atom. The molecule has 0 spiro atoms. The zero-order valence-electron chi connectivity index (χ0n) is 13.3. The van der Waals surface area contributed by atoms with Crippen molar-refractivity contribution in [2.24, 2.45) is 5.41 Å². The standard InChI is InChI=1S/C17H27NO/c1-16(2,3)15(18(7)17(4,5)6)14(19)13-11-9-8-10-12-13/h8-12,15H,1-7H3. The smallest absolute Gasteiger partial charge is 0.180 e. The molecule has 0 fully saturated rings. The fourth-order valence-corrected chi connectivity index (χ4v) is 2.30. The van der Waals surface area contributed by atoms with E-state index in [-0.39, 0.29) is 22.8 Å². The number of ketones is 1. The lowest BCUT2D eigenvalue weighted by atomic mass is 9.79. The van der Waals surface area contributed by atoms with Gasteiger partial charge < -0.3 is 0 Å². The minimum absolute atomic E-state index is 0.0393. The van der Waals surface area contributed by atoms with Crippen molar-refractivity contribution < 1.29 is 4.79 Å². The van der Waals surface area contributed by atoms with Gasteiger partial charge in [-0.2, -0.15) is 0 Å². The molecule has 1 aromatic rings. The number of Topliss-reactive ketones (excluding diaryl/α,β-unsaturated/α-hetero) is 1. The largest absolute Gasteiger partial charge is 0.292 e. The van der Waals surface area contributed by atoms with Crippen LogP contribution in [0.15, 0.2) is 30.3 Å². The van der Waals surface area contributed by atoms with Gasteiger partial charge in [0.1, 0.15) is 0 Å². The van der Waals surface area contributed by atoms with Gasteiger partial charge in [0.05, 0.1) is 6.04 Å². The number of rotatable bonds is 3. The predicted molar refractivity (Wildman–Crippen MR) is 81.5 cm³/mol. The quantitative estimate of drug-likeness (QED) is 0.766. The van der Waals surface area contributed by atoms with Crippen LogP contribution in [-0.2, 0) is 0 Å². The molecule has 0 aliphatic heterocycles. The number of hydrogen-bond acceptors (Lipinski definition) is 2. The van der Waals surface area contributed by atoms with Crippen LogP contribution in [0.25, 0.3) is 0 Å². The summed E-state index contributed by atoms with van der Waals surface area (Å²) in [5.41, 5.74) is 0.649. The molecule has 0 aliphatic carbocycles. The van der Waals surface area contributed by atoms with Crippen LogP contribution in [0, 0.1) is 5.41 Å². The third-order valence-electron chi connectivity index (χ3n) is 3.57. The molecule has 1 atom stereocenters. The molecule has 2 nitrogen and oxygen atoms in total. The summed E-state index contributed by atoms with van der Waals surface area (Å²) in [6.45, 7) is 12.8. The van der Waals surface area contributed by atoms with Crippen LogP contribution < -0.4 is 0 Å². The Morgan fingerprint density at radius 3 is 1.84 bits per heavy atom. The minimum atomic E-state index is -0.130. The highest BCUT2D eigenvalue weighted by molar-refractivity contribution is 6.00. The summed E-state index contributed by atoms with van der Waals surface area (Å²) in [6.07, 6.45) is 0. The van der Waals surface area contributed by atoms with E-state index in [4.69, 9.17) is 0 Å². The summed E-state index contributed by atoms with van der Waals surface area (Å²) in [4.78, 5) is 15.0. The highest BCUT2D eigenvalue weighted by Gasteiger charge is 2.39. The topological polar surface area (TPSA) is 20.3 Å². The van der Waals surface area contributed by atoms with Gasteiger partial charge in [0.15, 0.2) is 5.78 Å². The second kappa shape index (κ2) is 5.46. The lowest BCUT2D eigenvalue weighted by Crippen LogP contribution is -2.54. The van der Waals surface area contributed by atoms with Gasteiger partial charge in [-0.05, 0) is 33.2 Å². The number of nitrogens with zero attached hydrogens (tertiary/aromatic N) is 1. The van der Waals surface area contributed by atoms with Gasteiger partial charge in [0, 0.05) is 11.1 Å². The van der Waals surface area contributed by atoms with Crippen LogP contribution in [0.2, 0.25) is 0 Å². The molecule has 0 saturated carbocycles. The van der Waals surface area contributed by atoms with Crippen LogP contribution in [-0.4, -0.2) is 29.3 Å². The van der Waals surface area contributed by atoms with Crippen molar-refractivity contribution in [3.8, 4) is 0 Å². The molecule has 0 heterocycles. The Kier molecular flexibility index (Phi) is 4.57. The number of carbonyl (C=O) groups excluding carboxylic acids is 1. The molecule has 0 amide bonds. The summed E-state index contributed by atoms with van der Waals surface area (Å²) in [5.74, 6) is 0.200. The van der Waals surface area contributed by atoms with E-state index >= 15 is 0 Å². The zero-order valence-corrected chi connectivity index (χ0v) is 13.3. The van der Waals surface area contributed by atoms with Crippen molar-refractivity contribution in [1.29, 1.82) is 0 Å². The van der Waals surface area contributed by atoms with E-state index in [0.717, 1.165) is 5.56 Å². The van der Waals surface area contributed by atoms with Crippen LogP contribution in [0.3, 0.4) is 0 Å². The zero-order chi connectivity index (χ0) is 14.8. The number of carbonyl (C=O) groups is 1. The van der Waals surface area contributed by atoms with Crippen molar-refractivity contribution in [2.75, 3.05) is 7.05 Å². The fraction of sp³-hybridized carbons (Fsp3) is 0.588. The first-order valence-corrected chi connectivity index (χ1v) is 6.87. The number of benzene rings is 1. The van der Waals surface area contributed by atoms with E-state index in [2.05, 4.69) is 46.4 Å². The summed E-state index contributed by atoms with van der Waals surface area (Å²) in [6, 6.07) is 9.45. The SMILES string of the molecule is CN(C(C(=O)c1ccccc1)C(C)(C)C)C(C)(C)C. The van der Waals surface area contributed by atoms with Gasteiger partial charge in [0.25, 0.3) is 0 Å². The molecule has 0 aliphatic rings. The summed E-state index contributed by atoms with van der Waals surface area (Å²) in [7, 11) is 2.04. The molecule has 1 aromatic carbocycles. The normalized spacial score (nSPS) is 14.5. The second-order valence-corrected chi connectivity index (χ2v) is 7.28. The van der Waals surface area contributed by atoms with Gasteiger partial charge in [0.2, 0.25) is 0 Å². The van der Waals surface area contributed by atoms with Crippen LogP contribution in [0.5, 0.6) is 0 Å². The molecule has 0 radical (unpaired) electrons. The van der Waals surface area contributed by atoms with Crippen molar-refractivity contribution in [3.63, 3.8) is 0 Å². The van der Waals surface area contributed by atoms with Crippen LogP contribution >= 0.6 is 0 Å². The Labute approximate surface area is 117 Å². The fourth-order valence-electron chi connectivity index (χ4n) is 2.30. The Balaban J connectivity index is 3.17. The van der Waals surface area contributed by atoms with Gasteiger partial charge in [-0.1, -0.05) is 51.1 Å². The highest BCUT2D eigenvalue weighted by atomic mass is 16.1. The van der Waals surface area contributed by atoms with Gasteiger partial charge >= 0.3 is 0 Å². The Morgan fingerprint density at radius 2 is 1.47 bits per heavy atom. The average molecular weight is 261 g/mol. The molecule has 106 valence electrons. The molecule has 0 N–H and O–H groups in total. The summed E-state index contributed by atoms with van der Waals surface area (Å²) in [5, 5.41) is 0. The first-order chi connectivity index (χ1) is 8.55. The molecule has 0 saturated heterocycles. The van der Waals surface area contributed by atoms with Gasteiger partial charge in [-0.25, -0.2) is 0 Å². The summed E-state index contributed by atoms with van der Waals surface area (Å²) < 4.78 is 0. The molecule has 0 aromatic heterocycles. The van der Waals surface area contributed by atoms with E-state index in [1.807, 2.05) is 37.4 Å². The van der Waals surface area contributed by atoms with Crippen molar-refractivity contribution in [2.45, 2.75) is 53.1 Å². The maximum atomic E-state index is 12.8. The second-order valence-electron chi connectivity index (χ2n) is 7.28. The summed E-state index contributed by atoms with van der Waals surface area (Å²) >= 11 is 0. The molecular formula is C17H27NO. The maximum Gasteiger partial charge on any atom is 0.180 e. The van der Waals surface area contributed by atoms with Crippen LogP contribution in [0.4, 0.5) is 0 Å². The van der Waals surface area contributed by atoms with E-state index in [9.17, 15) is 4.79 Å². The molecule has 0 bridgehead atoms. The average Bonchev–Trinajstić information content (AvgIpc) is 2.27. The molecule has 19 heavy (non-hydrogen) atoms. The van der Waals surface area contributed by atoms with E-state index < -0.39 is 0 Å². The molecular weight excluding hydrogens is 234 g/mol. The van der Waals surface area contributed by atoms with Gasteiger partial charge in [-0.15, -0.1) is 0 Å². The predicted octanol–water partition coefficient (Wildman–Crippen LogP) is 4.01. The van der Waals surface area contributed by atoms with Crippen molar-refractivity contribution >= 4 is 5.78 Å². The molecule has 2 heteroatoms. The Hall–Kier alpha value is -1.15. The van der Waals surface area contributed by atoms with Crippen molar-refractivity contribution in [3.05, 3.63) is 35.9 Å². The third kappa shape index (κ3) is 3.90. The lowest BCUT2D eigenvalue weighted by Gasteiger charge is -2.44. The van der Waals surface area contributed by atoms with Crippen LogP contribution in [0.1, 0.15) is 51.9 Å². The monoisotopic (exact) mass is 261 g/mol. The lowest BCUT2D eigenvalue weighted by molar-refractivity contribution is 0.0386.